The molecule has 6 aromatic rings. The molecule has 6 aromatic carbocycles. The predicted octanol–water partition coefficient (Wildman–Crippen LogP) is 22.1. The second kappa shape index (κ2) is 28.1. The van der Waals surface area contributed by atoms with Crippen LogP contribution in [0.4, 0.5) is 35.1 Å². The molecule has 4 aliphatic rings. The summed E-state index contributed by atoms with van der Waals surface area (Å²) in [5, 5.41) is 0. The number of benzene rings is 6. The molecule has 0 aromatic heterocycles. The van der Waals surface area contributed by atoms with Gasteiger partial charge in [-0.05, 0) is 196 Å². The van der Waals surface area contributed by atoms with Crippen LogP contribution in [0.1, 0.15) is 193 Å². The highest BCUT2D eigenvalue weighted by molar-refractivity contribution is 5.66. The van der Waals surface area contributed by atoms with Gasteiger partial charge in [-0.25, -0.2) is 35.1 Å². The lowest BCUT2D eigenvalue weighted by Gasteiger charge is -2.37. The van der Waals surface area contributed by atoms with E-state index in [-0.39, 0.29) is 19.3 Å². The van der Waals surface area contributed by atoms with Crippen molar-refractivity contribution in [2.24, 2.45) is 29.6 Å². The SMILES string of the molecule is C.Cc1ccc(-c2ccc(C)c(F)c2F)cc1.Cc1ccc(-c2ccc(C3CCC(C)CC3)cc2)c(F)c1F.Cc1ccc(C2CCC(C)CC2)c(F)c1F.Cc1ccc(C2CCC(C3CCC(C)CC3)CC2)c(F)c1F. The topological polar surface area (TPSA) is 0 Å². The van der Waals surface area contributed by atoms with Crippen LogP contribution in [0, 0.1) is 111 Å². The van der Waals surface area contributed by atoms with E-state index in [0.717, 1.165) is 79.2 Å². The molecule has 4 saturated carbocycles. The highest BCUT2D eigenvalue weighted by atomic mass is 19.2. The van der Waals surface area contributed by atoms with E-state index < -0.39 is 46.5 Å². The molecule has 0 nitrogen and oxygen atoms in total. The van der Waals surface area contributed by atoms with E-state index in [2.05, 4.69) is 32.9 Å². The Morgan fingerprint density at radius 3 is 0.948 bits per heavy atom. The van der Waals surface area contributed by atoms with Crippen LogP contribution >= 0.6 is 0 Å². The molecule has 0 radical (unpaired) electrons. The van der Waals surface area contributed by atoms with Crippen LogP contribution < -0.4 is 0 Å². The first-order valence-corrected chi connectivity index (χ1v) is 28.3. The fourth-order valence-electron chi connectivity index (χ4n) is 12.2. The zero-order valence-electron chi connectivity index (χ0n) is 46.2. The number of rotatable bonds is 6. The van der Waals surface area contributed by atoms with E-state index in [4.69, 9.17) is 0 Å². The van der Waals surface area contributed by atoms with Crippen molar-refractivity contribution in [1.29, 1.82) is 0 Å². The molecular weight excluding hydrogens is 981 g/mol. The second-order valence-electron chi connectivity index (χ2n) is 23.3. The number of hydrogen-bond acceptors (Lipinski definition) is 0. The summed E-state index contributed by atoms with van der Waals surface area (Å²) in [6.07, 6.45) is 19.2. The van der Waals surface area contributed by atoms with Gasteiger partial charge in [-0.15, -0.1) is 0 Å². The Kier molecular flexibility index (Phi) is 22.2. The molecule has 416 valence electrons. The van der Waals surface area contributed by atoms with E-state index in [9.17, 15) is 35.1 Å². The number of aryl methyl sites for hydroxylation is 5. The third-order valence-corrected chi connectivity index (χ3v) is 17.6. The summed E-state index contributed by atoms with van der Waals surface area (Å²) in [6.45, 7) is 15.2. The minimum atomic E-state index is -0.774. The summed E-state index contributed by atoms with van der Waals surface area (Å²) in [7, 11) is 0. The molecule has 0 bridgehead atoms. The molecule has 10 rings (SSSR count). The first-order valence-electron chi connectivity index (χ1n) is 28.3. The molecule has 0 unspecified atom stereocenters. The van der Waals surface area contributed by atoms with Gasteiger partial charge in [-0.1, -0.05) is 169 Å². The van der Waals surface area contributed by atoms with Gasteiger partial charge in [0.05, 0.1) is 0 Å². The van der Waals surface area contributed by atoms with Crippen LogP contribution in [-0.2, 0) is 0 Å². The second-order valence-corrected chi connectivity index (χ2v) is 23.3. The van der Waals surface area contributed by atoms with Gasteiger partial charge >= 0.3 is 0 Å². The smallest absolute Gasteiger partial charge is 0.166 e. The maximum atomic E-state index is 14.2. The van der Waals surface area contributed by atoms with Crippen LogP contribution in [-0.4, -0.2) is 0 Å². The van der Waals surface area contributed by atoms with Gasteiger partial charge in [0.2, 0.25) is 0 Å². The van der Waals surface area contributed by atoms with Crippen molar-refractivity contribution < 1.29 is 35.1 Å². The summed E-state index contributed by atoms with van der Waals surface area (Å²) in [4.78, 5) is 0. The average molecular weight is 1070 g/mol. The van der Waals surface area contributed by atoms with Gasteiger partial charge in [0.25, 0.3) is 0 Å². The van der Waals surface area contributed by atoms with Crippen molar-refractivity contribution in [2.75, 3.05) is 0 Å². The van der Waals surface area contributed by atoms with Gasteiger partial charge in [0.1, 0.15) is 0 Å². The zero-order valence-corrected chi connectivity index (χ0v) is 46.2. The minimum absolute atomic E-state index is 0. The molecule has 0 spiro atoms. The number of halogens is 8. The van der Waals surface area contributed by atoms with Gasteiger partial charge < -0.3 is 0 Å². The van der Waals surface area contributed by atoms with Gasteiger partial charge in [-0.3, -0.25) is 0 Å². The van der Waals surface area contributed by atoms with Crippen molar-refractivity contribution in [3.05, 3.63) is 188 Å². The normalized spacial score (nSPS) is 23.2. The molecule has 0 saturated heterocycles. The highest BCUT2D eigenvalue weighted by Crippen LogP contribution is 2.45. The van der Waals surface area contributed by atoms with Crippen LogP contribution in [0.3, 0.4) is 0 Å². The molecule has 77 heavy (non-hydrogen) atoms. The molecular formula is C69H84F8. The Morgan fingerprint density at radius 2 is 0.571 bits per heavy atom. The van der Waals surface area contributed by atoms with E-state index in [1.807, 2.05) is 31.2 Å². The monoisotopic (exact) mass is 1060 g/mol. The highest BCUT2D eigenvalue weighted by Gasteiger charge is 2.32. The van der Waals surface area contributed by atoms with Crippen molar-refractivity contribution in [3.8, 4) is 22.3 Å². The third-order valence-electron chi connectivity index (χ3n) is 17.6. The summed E-state index contributed by atoms with van der Waals surface area (Å²) in [6, 6.07) is 28.8. The molecule has 4 aliphatic carbocycles. The van der Waals surface area contributed by atoms with Crippen molar-refractivity contribution in [3.63, 3.8) is 0 Å². The molecule has 0 N–H and O–H groups in total. The van der Waals surface area contributed by atoms with E-state index in [0.29, 0.717) is 56.0 Å². The standard InChI is InChI=1S/C20H28F2.C20H22F2.C14H18F2.C14H12F2.CH4/c2*1-13-3-6-15(7-4-13)16-8-10-17(11-9-16)18-12-5-14(2)19(21)20(18)22;2*1-9-3-6-11(7-4-9)12-8-5-10(2)13(15)14(12)16;/h5,12-13,15-17H,3-4,6-11H2,1-2H3;5,8-13,15H,3-4,6-7H2,1-2H3;5,8-9,11H,3-4,6-7H2,1-2H3;3-8H,1-2H3;1H4. The average Bonchev–Trinajstić information content (AvgIpc) is 3.42. The quantitative estimate of drug-likeness (QED) is 0.146. The van der Waals surface area contributed by atoms with E-state index >= 15 is 0 Å². The molecule has 8 heteroatoms. The van der Waals surface area contributed by atoms with Crippen LogP contribution in [0.15, 0.2) is 97.1 Å². The largest absolute Gasteiger partial charge is 0.203 e. The fourth-order valence-corrected chi connectivity index (χ4v) is 12.2. The van der Waals surface area contributed by atoms with Gasteiger partial charge in [-0.2, -0.15) is 0 Å². The minimum Gasteiger partial charge on any atom is -0.203 e. The zero-order chi connectivity index (χ0) is 54.8. The van der Waals surface area contributed by atoms with Gasteiger partial charge in [0, 0.05) is 11.1 Å². The van der Waals surface area contributed by atoms with Crippen LogP contribution in [0.2, 0.25) is 0 Å². The summed E-state index contributed by atoms with van der Waals surface area (Å²) < 4.78 is 110. The molecule has 0 atom stereocenters. The Morgan fingerprint density at radius 1 is 0.286 bits per heavy atom. The summed E-state index contributed by atoms with van der Waals surface area (Å²) >= 11 is 0. The molecule has 0 heterocycles. The molecule has 0 amide bonds. The van der Waals surface area contributed by atoms with Gasteiger partial charge in [0.15, 0.2) is 46.5 Å². The Bertz CT molecular complexity index is 2820. The number of hydrogen-bond donors (Lipinski definition) is 0. The fraction of sp³-hybridized carbons (Fsp3) is 0.478. The third kappa shape index (κ3) is 15.5. The Hall–Kier alpha value is -5.24. The lowest BCUT2D eigenvalue weighted by Crippen LogP contribution is -2.25. The van der Waals surface area contributed by atoms with E-state index in [1.165, 1.54) is 69.8 Å². The maximum absolute atomic E-state index is 14.2. The molecule has 0 aliphatic heterocycles. The first-order chi connectivity index (χ1) is 36.3. The first kappa shape index (κ1) is 61.0. The predicted molar refractivity (Wildman–Crippen MR) is 303 cm³/mol. The van der Waals surface area contributed by atoms with Crippen molar-refractivity contribution in [1.82, 2.24) is 0 Å². The summed E-state index contributed by atoms with van der Waals surface area (Å²) in [5.74, 6) is -0.369. The van der Waals surface area contributed by atoms with Crippen molar-refractivity contribution in [2.45, 2.75) is 183 Å². The van der Waals surface area contributed by atoms with Crippen LogP contribution in [0.5, 0.6) is 0 Å². The summed E-state index contributed by atoms with van der Waals surface area (Å²) in [5.41, 5.74) is 7.16. The van der Waals surface area contributed by atoms with Crippen molar-refractivity contribution >= 4 is 0 Å². The van der Waals surface area contributed by atoms with Crippen LogP contribution in [0.25, 0.3) is 22.3 Å². The van der Waals surface area contributed by atoms with E-state index in [1.54, 1.807) is 88.4 Å². The Balaban J connectivity index is 0.000000168. The Labute approximate surface area is 456 Å². The lowest BCUT2D eigenvalue weighted by molar-refractivity contribution is 0.164. The maximum Gasteiger partial charge on any atom is 0.166 e. The molecule has 4 fully saturated rings. The lowest BCUT2D eigenvalue weighted by atomic mass is 9.68.